The van der Waals surface area contributed by atoms with Crippen LogP contribution in [0.1, 0.15) is 36.7 Å². The van der Waals surface area contributed by atoms with Gasteiger partial charge < -0.3 is 24.4 Å². The van der Waals surface area contributed by atoms with Crippen molar-refractivity contribution in [1.82, 2.24) is 10.2 Å². The number of hydrogen-bond donors (Lipinski definition) is 1. The molecule has 3 rings (SSSR count). The average Bonchev–Trinajstić information content (AvgIpc) is 2.77. The average molecular weight is 427 g/mol. The number of carbonyl (C=O) groups excluding carboxylic acids is 2. The van der Waals surface area contributed by atoms with Crippen LogP contribution in [0.2, 0.25) is 0 Å². The molecule has 0 bridgehead atoms. The molecule has 1 fully saturated rings. The number of methoxy groups -OCH3 is 1. The second-order valence-electron chi connectivity index (χ2n) is 7.82. The number of rotatable bonds is 7. The maximum atomic E-state index is 12.7. The van der Waals surface area contributed by atoms with Gasteiger partial charge in [-0.25, -0.2) is 0 Å². The predicted octanol–water partition coefficient (Wildman–Crippen LogP) is 3.03. The first-order valence-electron chi connectivity index (χ1n) is 10.5. The van der Waals surface area contributed by atoms with Gasteiger partial charge in [-0.05, 0) is 62.7 Å². The fourth-order valence-corrected chi connectivity index (χ4v) is 3.54. The molecule has 2 aromatic carbocycles. The largest absolute Gasteiger partial charge is 0.497 e. The summed E-state index contributed by atoms with van der Waals surface area (Å²) in [5, 5.41) is 2.86. The molecule has 31 heavy (non-hydrogen) atoms. The van der Waals surface area contributed by atoms with Crippen LogP contribution >= 0.6 is 0 Å². The summed E-state index contributed by atoms with van der Waals surface area (Å²) in [6.07, 6.45) is -0.576. The number of ether oxygens (including phenoxy) is 3. The lowest BCUT2D eigenvalue weighted by Gasteiger charge is -2.35. The fraction of sp³-hybridized carbons (Fsp3) is 0.417. The van der Waals surface area contributed by atoms with Gasteiger partial charge in [-0.2, -0.15) is 0 Å². The third kappa shape index (κ3) is 6.21. The second-order valence-corrected chi connectivity index (χ2v) is 7.82. The zero-order chi connectivity index (χ0) is 22.4. The van der Waals surface area contributed by atoms with Crippen molar-refractivity contribution in [3.05, 3.63) is 59.7 Å². The van der Waals surface area contributed by atoms with Crippen LogP contribution in [-0.2, 0) is 16.1 Å². The lowest BCUT2D eigenvalue weighted by Crippen LogP contribution is -2.48. The number of nitrogens with one attached hydrogen (secondary N) is 1. The minimum absolute atomic E-state index is 0.000834. The maximum Gasteiger partial charge on any atom is 0.261 e. The summed E-state index contributed by atoms with van der Waals surface area (Å²) in [5.41, 5.74) is 1.54. The maximum absolute atomic E-state index is 12.7. The Kier molecular flexibility index (Phi) is 7.52. The molecular formula is C24H30N2O5. The zero-order valence-electron chi connectivity index (χ0n) is 18.5. The molecular weight excluding hydrogens is 396 g/mol. The van der Waals surface area contributed by atoms with Crippen LogP contribution in [0.15, 0.2) is 48.5 Å². The van der Waals surface area contributed by atoms with Crippen molar-refractivity contribution in [1.29, 1.82) is 0 Å². The Morgan fingerprint density at radius 3 is 2.19 bits per heavy atom. The predicted molar refractivity (Wildman–Crippen MR) is 117 cm³/mol. The summed E-state index contributed by atoms with van der Waals surface area (Å²) in [6.45, 7) is 7.18. The third-order valence-corrected chi connectivity index (χ3v) is 5.12. The Bertz CT molecular complexity index is 872. The van der Waals surface area contributed by atoms with Crippen LogP contribution in [0.25, 0.3) is 0 Å². The molecule has 3 unspecified atom stereocenters. The van der Waals surface area contributed by atoms with E-state index >= 15 is 0 Å². The van der Waals surface area contributed by atoms with E-state index in [0.29, 0.717) is 30.9 Å². The van der Waals surface area contributed by atoms with Crippen LogP contribution in [-0.4, -0.2) is 55.2 Å². The molecule has 1 heterocycles. The lowest BCUT2D eigenvalue weighted by atomic mass is 10.1. The Morgan fingerprint density at radius 1 is 1.03 bits per heavy atom. The van der Waals surface area contributed by atoms with E-state index in [0.717, 1.165) is 11.3 Å². The summed E-state index contributed by atoms with van der Waals surface area (Å²) < 4.78 is 16.5. The van der Waals surface area contributed by atoms with E-state index in [4.69, 9.17) is 14.2 Å². The molecule has 1 N–H and O–H groups in total. The van der Waals surface area contributed by atoms with Crippen molar-refractivity contribution in [2.75, 3.05) is 20.2 Å². The van der Waals surface area contributed by atoms with Crippen molar-refractivity contribution in [3.63, 3.8) is 0 Å². The highest BCUT2D eigenvalue weighted by Crippen LogP contribution is 2.18. The first-order chi connectivity index (χ1) is 14.9. The number of nitrogens with zero attached hydrogens (tertiary/aromatic N) is 1. The van der Waals surface area contributed by atoms with E-state index in [2.05, 4.69) is 5.32 Å². The van der Waals surface area contributed by atoms with Gasteiger partial charge >= 0.3 is 0 Å². The molecule has 0 aromatic heterocycles. The zero-order valence-corrected chi connectivity index (χ0v) is 18.5. The Morgan fingerprint density at radius 2 is 1.61 bits per heavy atom. The van der Waals surface area contributed by atoms with Gasteiger partial charge in [0.2, 0.25) is 0 Å². The molecule has 7 nitrogen and oxygen atoms in total. The number of benzene rings is 2. The van der Waals surface area contributed by atoms with Crippen molar-refractivity contribution in [2.24, 2.45) is 0 Å². The monoisotopic (exact) mass is 426 g/mol. The van der Waals surface area contributed by atoms with Crippen LogP contribution < -0.4 is 14.8 Å². The van der Waals surface area contributed by atoms with Gasteiger partial charge in [-0.15, -0.1) is 0 Å². The molecule has 2 amide bonds. The van der Waals surface area contributed by atoms with Gasteiger partial charge in [0.05, 0.1) is 19.3 Å². The molecule has 1 saturated heterocycles. The van der Waals surface area contributed by atoms with Crippen LogP contribution in [0, 0.1) is 0 Å². The van der Waals surface area contributed by atoms with Gasteiger partial charge in [-0.3, -0.25) is 9.59 Å². The summed E-state index contributed by atoms with van der Waals surface area (Å²) in [7, 11) is 1.60. The summed E-state index contributed by atoms with van der Waals surface area (Å²) in [6, 6.07) is 14.4. The molecule has 166 valence electrons. The first kappa shape index (κ1) is 22.6. The van der Waals surface area contributed by atoms with Crippen molar-refractivity contribution < 1.29 is 23.8 Å². The molecule has 0 saturated carbocycles. The highest BCUT2D eigenvalue weighted by Gasteiger charge is 2.26. The van der Waals surface area contributed by atoms with Gasteiger partial charge in [0.1, 0.15) is 11.5 Å². The highest BCUT2D eigenvalue weighted by atomic mass is 16.5. The number of amides is 2. The van der Waals surface area contributed by atoms with E-state index < -0.39 is 6.10 Å². The van der Waals surface area contributed by atoms with E-state index in [1.807, 2.05) is 30.9 Å². The third-order valence-electron chi connectivity index (χ3n) is 5.12. The van der Waals surface area contributed by atoms with E-state index in [1.54, 1.807) is 50.4 Å². The molecule has 1 aliphatic rings. The van der Waals surface area contributed by atoms with Gasteiger partial charge in [0.15, 0.2) is 6.10 Å². The Labute approximate surface area is 183 Å². The quantitative estimate of drug-likeness (QED) is 0.737. The Hall–Kier alpha value is -3.06. The van der Waals surface area contributed by atoms with Crippen molar-refractivity contribution in [3.8, 4) is 11.5 Å². The van der Waals surface area contributed by atoms with Gasteiger partial charge in [-0.1, -0.05) is 12.1 Å². The summed E-state index contributed by atoms with van der Waals surface area (Å²) >= 11 is 0. The van der Waals surface area contributed by atoms with Gasteiger partial charge in [0.25, 0.3) is 11.8 Å². The van der Waals surface area contributed by atoms with Crippen LogP contribution in [0.5, 0.6) is 11.5 Å². The van der Waals surface area contributed by atoms with E-state index in [9.17, 15) is 9.59 Å². The lowest BCUT2D eigenvalue weighted by molar-refractivity contribution is -0.127. The van der Waals surface area contributed by atoms with E-state index in [1.165, 1.54) is 0 Å². The molecule has 7 heteroatoms. The second kappa shape index (κ2) is 10.3. The van der Waals surface area contributed by atoms with E-state index in [-0.39, 0.29) is 24.0 Å². The minimum Gasteiger partial charge on any atom is -0.497 e. The molecule has 2 aromatic rings. The molecule has 1 aliphatic heterocycles. The first-order valence-corrected chi connectivity index (χ1v) is 10.5. The minimum atomic E-state index is -0.639. The number of hydrogen-bond acceptors (Lipinski definition) is 5. The van der Waals surface area contributed by atoms with Crippen molar-refractivity contribution >= 4 is 11.8 Å². The molecule has 0 radical (unpaired) electrons. The standard InChI is InChI=1S/C24H30N2O5/c1-16-14-26(15-17(2)30-16)24(28)20-7-5-19(6-8-20)13-25-23(27)18(3)31-22-11-9-21(29-4)10-12-22/h5-12,16-18H,13-15H2,1-4H3,(H,25,27). The number of carbonyl (C=O) groups is 2. The summed E-state index contributed by atoms with van der Waals surface area (Å²) in [5.74, 6) is 1.11. The normalized spacial score (nSPS) is 19.4. The van der Waals surface area contributed by atoms with Gasteiger partial charge in [0, 0.05) is 25.2 Å². The smallest absolute Gasteiger partial charge is 0.261 e. The SMILES string of the molecule is COc1ccc(OC(C)C(=O)NCc2ccc(C(=O)N3CC(C)OC(C)C3)cc2)cc1. The molecule has 0 spiro atoms. The van der Waals surface area contributed by atoms with Crippen LogP contribution in [0.3, 0.4) is 0 Å². The van der Waals surface area contributed by atoms with Crippen molar-refractivity contribution in [2.45, 2.75) is 45.6 Å². The van der Waals surface area contributed by atoms with Crippen LogP contribution in [0.4, 0.5) is 0 Å². The molecule has 0 aliphatic carbocycles. The highest BCUT2D eigenvalue weighted by molar-refractivity contribution is 5.94. The molecule has 3 atom stereocenters. The Balaban J connectivity index is 1.50. The fourth-order valence-electron chi connectivity index (χ4n) is 3.54. The topological polar surface area (TPSA) is 77.1 Å². The summed E-state index contributed by atoms with van der Waals surface area (Å²) in [4.78, 5) is 26.9. The number of morpholine rings is 1.